The number of rotatable bonds is 4. The average Bonchev–Trinajstić information content (AvgIpc) is 2.48. The molecule has 0 bridgehead atoms. The summed E-state index contributed by atoms with van der Waals surface area (Å²) >= 11 is 0. The van der Waals surface area contributed by atoms with E-state index in [1.54, 1.807) is 6.07 Å². The lowest BCUT2D eigenvalue weighted by atomic mass is 9.84. The summed E-state index contributed by atoms with van der Waals surface area (Å²) in [6.07, 6.45) is 3.11. The highest BCUT2D eigenvalue weighted by Crippen LogP contribution is 2.23. The summed E-state index contributed by atoms with van der Waals surface area (Å²) in [6.45, 7) is 4.31. The van der Waals surface area contributed by atoms with Crippen LogP contribution < -0.4 is 10.6 Å². The second-order valence-electron chi connectivity index (χ2n) is 6.68. The van der Waals surface area contributed by atoms with Gasteiger partial charge in [-0.2, -0.15) is 0 Å². The van der Waals surface area contributed by atoms with Crippen LogP contribution in [-0.2, 0) is 5.41 Å². The zero-order valence-electron chi connectivity index (χ0n) is 13.2. The van der Waals surface area contributed by atoms with E-state index in [9.17, 15) is 14.3 Å². The molecule has 0 spiro atoms. The largest absolute Gasteiger partial charge is 0.391 e. The molecule has 3 N–H and O–H groups in total. The minimum Gasteiger partial charge on any atom is -0.391 e. The van der Waals surface area contributed by atoms with Crippen molar-refractivity contribution in [2.75, 3.05) is 6.54 Å². The number of halogens is 1. The molecule has 1 aliphatic rings. The minimum atomic E-state index is -0.462. The molecule has 1 aliphatic carbocycles. The number of aliphatic hydroxyl groups excluding tert-OH is 1. The van der Waals surface area contributed by atoms with E-state index in [4.69, 9.17) is 0 Å². The predicted molar refractivity (Wildman–Crippen MR) is 84.2 cm³/mol. The van der Waals surface area contributed by atoms with Gasteiger partial charge in [0.1, 0.15) is 5.82 Å². The van der Waals surface area contributed by atoms with Crippen LogP contribution in [-0.4, -0.2) is 29.8 Å². The van der Waals surface area contributed by atoms with E-state index in [0.717, 1.165) is 31.2 Å². The maximum absolute atomic E-state index is 13.3. The second kappa shape index (κ2) is 7.09. The van der Waals surface area contributed by atoms with Gasteiger partial charge < -0.3 is 15.7 Å². The van der Waals surface area contributed by atoms with Crippen LogP contribution in [0.5, 0.6) is 0 Å². The van der Waals surface area contributed by atoms with Crippen molar-refractivity contribution >= 4 is 6.03 Å². The topological polar surface area (TPSA) is 61.4 Å². The number of carbonyl (C=O) groups is 1. The Morgan fingerprint density at radius 3 is 2.77 bits per heavy atom. The van der Waals surface area contributed by atoms with Crippen LogP contribution in [0, 0.1) is 5.82 Å². The van der Waals surface area contributed by atoms with Gasteiger partial charge in [0.25, 0.3) is 0 Å². The lowest BCUT2D eigenvalue weighted by molar-refractivity contribution is 0.0942. The summed E-state index contributed by atoms with van der Waals surface area (Å²) < 4.78 is 13.3. The Morgan fingerprint density at radius 2 is 2.09 bits per heavy atom. The highest BCUT2D eigenvalue weighted by molar-refractivity contribution is 5.74. The first-order valence-corrected chi connectivity index (χ1v) is 7.87. The first-order chi connectivity index (χ1) is 10.4. The molecule has 4 nitrogen and oxygen atoms in total. The summed E-state index contributed by atoms with van der Waals surface area (Å²) in [7, 11) is 0. The van der Waals surface area contributed by atoms with Gasteiger partial charge in [-0.25, -0.2) is 9.18 Å². The molecule has 0 aromatic heterocycles. The zero-order valence-corrected chi connectivity index (χ0v) is 13.2. The van der Waals surface area contributed by atoms with Crippen LogP contribution in [0.25, 0.3) is 0 Å². The number of hydrogen-bond acceptors (Lipinski definition) is 2. The summed E-state index contributed by atoms with van der Waals surface area (Å²) in [6, 6.07) is 5.97. The molecular formula is C17H25FN2O2. The van der Waals surface area contributed by atoms with E-state index in [0.29, 0.717) is 6.54 Å². The Kier molecular flexibility index (Phi) is 5.40. The van der Waals surface area contributed by atoms with E-state index < -0.39 is 6.10 Å². The fourth-order valence-electron chi connectivity index (χ4n) is 2.81. The molecule has 0 aliphatic heterocycles. The quantitative estimate of drug-likeness (QED) is 0.801. The molecule has 1 fully saturated rings. The van der Waals surface area contributed by atoms with Crippen molar-refractivity contribution in [3.63, 3.8) is 0 Å². The van der Waals surface area contributed by atoms with E-state index in [2.05, 4.69) is 10.6 Å². The van der Waals surface area contributed by atoms with Crippen molar-refractivity contribution in [1.82, 2.24) is 10.6 Å². The highest BCUT2D eigenvalue weighted by atomic mass is 19.1. The second-order valence-corrected chi connectivity index (χ2v) is 6.68. The molecule has 1 aromatic rings. The van der Waals surface area contributed by atoms with Gasteiger partial charge in [-0.1, -0.05) is 38.8 Å². The van der Waals surface area contributed by atoms with E-state index >= 15 is 0 Å². The molecule has 0 radical (unpaired) electrons. The Balaban J connectivity index is 1.87. The SMILES string of the molecule is CC(C)(CNC(=O)NC1CCCCC1O)c1cccc(F)c1. The molecule has 0 saturated heterocycles. The summed E-state index contributed by atoms with van der Waals surface area (Å²) in [5.74, 6) is -0.277. The molecule has 1 aromatic carbocycles. The Hall–Kier alpha value is -1.62. The number of amides is 2. The number of carbonyl (C=O) groups excluding carboxylic acids is 1. The van der Waals surface area contributed by atoms with Crippen molar-refractivity contribution in [1.29, 1.82) is 0 Å². The van der Waals surface area contributed by atoms with Gasteiger partial charge in [-0.3, -0.25) is 0 Å². The van der Waals surface area contributed by atoms with Crippen molar-refractivity contribution in [2.24, 2.45) is 0 Å². The van der Waals surface area contributed by atoms with E-state index in [-0.39, 0.29) is 23.3 Å². The molecule has 122 valence electrons. The maximum atomic E-state index is 13.3. The standard InChI is InChI=1S/C17H25FN2O2/c1-17(2,12-6-5-7-13(18)10-12)11-19-16(22)20-14-8-3-4-9-15(14)21/h5-7,10,14-15,21H,3-4,8-9,11H2,1-2H3,(H2,19,20,22). The van der Waals surface area contributed by atoms with Crippen molar-refractivity contribution < 1.29 is 14.3 Å². The summed E-state index contributed by atoms with van der Waals surface area (Å²) in [5, 5.41) is 15.5. The van der Waals surface area contributed by atoms with Crippen LogP contribution in [0.2, 0.25) is 0 Å². The van der Waals surface area contributed by atoms with Crippen LogP contribution in [0.4, 0.5) is 9.18 Å². The Morgan fingerprint density at radius 1 is 1.36 bits per heavy atom. The molecule has 2 amide bonds. The zero-order chi connectivity index (χ0) is 16.2. The van der Waals surface area contributed by atoms with Crippen LogP contribution >= 0.6 is 0 Å². The van der Waals surface area contributed by atoms with E-state index in [1.165, 1.54) is 12.1 Å². The average molecular weight is 308 g/mol. The molecule has 2 atom stereocenters. The number of benzene rings is 1. The third-order valence-electron chi connectivity index (χ3n) is 4.34. The van der Waals surface area contributed by atoms with E-state index in [1.807, 2.05) is 19.9 Å². The van der Waals surface area contributed by atoms with Crippen LogP contribution in [0.15, 0.2) is 24.3 Å². The molecule has 5 heteroatoms. The first kappa shape index (κ1) is 16.7. The third-order valence-corrected chi connectivity index (χ3v) is 4.34. The van der Waals surface area contributed by atoms with Gasteiger partial charge in [0.05, 0.1) is 12.1 Å². The lowest BCUT2D eigenvalue weighted by Gasteiger charge is -2.30. The number of hydrogen-bond donors (Lipinski definition) is 3. The maximum Gasteiger partial charge on any atom is 0.315 e. The van der Waals surface area contributed by atoms with Crippen molar-refractivity contribution in [3.05, 3.63) is 35.6 Å². The summed E-state index contributed by atoms with van der Waals surface area (Å²) in [4.78, 5) is 12.0. The Bertz CT molecular complexity index is 519. The molecule has 22 heavy (non-hydrogen) atoms. The van der Waals surface area contributed by atoms with Crippen LogP contribution in [0.1, 0.15) is 45.1 Å². The number of aliphatic hydroxyl groups is 1. The fraction of sp³-hybridized carbons (Fsp3) is 0.588. The minimum absolute atomic E-state index is 0.175. The van der Waals surface area contributed by atoms with Gasteiger partial charge >= 0.3 is 6.03 Å². The number of urea groups is 1. The highest BCUT2D eigenvalue weighted by Gasteiger charge is 2.26. The predicted octanol–water partition coefficient (Wildman–Crippen LogP) is 2.71. The van der Waals surface area contributed by atoms with Gasteiger partial charge in [-0.15, -0.1) is 0 Å². The summed E-state index contributed by atoms with van der Waals surface area (Å²) in [5.41, 5.74) is 0.468. The lowest BCUT2D eigenvalue weighted by Crippen LogP contribution is -2.50. The molecule has 1 saturated carbocycles. The normalized spacial score (nSPS) is 22.2. The number of nitrogens with one attached hydrogen (secondary N) is 2. The van der Waals surface area contributed by atoms with Crippen molar-refractivity contribution in [3.8, 4) is 0 Å². The smallest absolute Gasteiger partial charge is 0.315 e. The third kappa shape index (κ3) is 4.44. The van der Waals surface area contributed by atoms with Crippen molar-refractivity contribution in [2.45, 2.75) is 57.1 Å². The monoisotopic (exact) mass is 308 g/mol. The van der Waals surface area contributed by atoms with Gasteiger partial charge in [0, 0.05) is 12.0 Å². The fourth-order valence-corrected chi connectivity index (χ4v) is 2.81. The van der Waals surface area contributed by atoms with Gasteiger partial charge in [-0.05, 0) is 30.5 Å². The molecule has 2 unspecified atom stereocenters. The molecule has 2 rings (SSSR count). The molecular weight excluding hydrogens is 283 g/mol. The van der Waals surface area contributed by atoms with Crippen LogP contribution in [0.3, 0.4) is 0 Å². The Labute approximate surface area is 131 Å². The van der Waals surface area contributed by atoms with Gasteiger partial charge in [0.2, 0.25) is 0 Å². The molecule has 0 heterocycles. The first-order valence-electron chi connectivity index (χ1n) is 7.87. The van der Waals surface area contributed by atoms with Gasteiger partial charge in [0.15, 0.2) is 0 Å².